The molecular formula is C12H13FN2O. The number of halogens is 1. The Morgan fingerprint density at radius 1 is 1.62 bits per heavy atom. The van der Waals surface area contributed by atoms with E-state index in [-0.39, 0.29) is 12.6 Å². The zero-order valence-corrected chi connectivity index (χ0v) is 9.03. The maximum atomic E-state index is 12.9. The average Bonchev–Trinajstić information content (AvgIpc) is 2.25. The van der Waals surface area contributed by atoms with Crippen molar-refractivity contribution in [1.29, 1.82) is 0 Å². The molecule has 0 aliphatic rings. The van der Waals surface area contributed by atoms with Gasteiger partial charge < -0.3 is 10.2 Å². The monoisotopic (exact) mass is 220 g/mol. The van der Waals surface area contributed by atoms with E-state index in [0.717, 1.165) is 0 Å². The van der Waals surface area contributed by atoms with Gasteiger partial charge in [-0.15, -0.1) is 6.42 Å². The lowest BCUT2D eigenvalue weighted by atomic mass is 10.3. The highest BCUT2D eigenvalue weighted by Gasteiger charge is 2.09. The summed E-state index contributed by atoms with van der Waals surface area (Å²) in [5.41, 5.74) is 0.417. The topological polar surface area (TPSA) is 32.3 Å². The molecule has 1 aromatic carbocycles. The van der Waals surface area contributed by atoms with Crippen LogP contribution in [0.1, 0.15) is 6.92 Å². The molecule has 1 N–H and O–H groups in total. The molecule has 1 aromatic rings. The van der Waals surface area contributed by atoms with Gasteiger partial charge in [-0.2, -0.15) is 0 Å². The number of rotatable bonds is 3. The molecule has 0 aliphatic heterocycles. The number of nitrogens with zero attached hydrogens (tertiary/aromatic N) is 1. The number of anilines is 1. The molecule has 0 bridgehead atoms. The SMILES string of the molecule is C#CCN(CC)C(=O)Nc1cccc(F)c1. The predicted molar refractivity (Wildman–Crippen MR) is 61.5 cm³/mol. The Morgan fingerprint density at radius 2 is 2.38 bits per heavy atom. The van der Waals surface area contributed by atoms with E-state index in [1.54, 1.807) is 6.07 Å². The van der Waals surface area contributed by atoms with Crippen molar-refractivity contribution in [2.24, 2.45) is 0 Å². The second kappa shape index (κ2) is 5.76. The van der Waals surface area contributed by atoms with Crippen LogP contribution in [0.2, 0.25) is 0 Å². The van der Waals surface area contributed by atoms with Gasteiger partial charge in [-0.05, 0) is 25.1 Å². The number of nitrogens with one attached hydrogen (secondary N) is 1. The summed E-state index contributed by atoms with van der Waals surface area (Å²) in [4.78, 5) is 13.1. The second-order valence-electron chi connectivity index (χ2n) is 3.16. The Hall–Kier alpha value is -2.02. The first-order valence-corrected chi connectivity index (χ1v) is 4.92. The Morgan fingerprint density at radius 3 is 2.94 bits per heavy atom. The number of carbonyl (C=O) groups excluding carboxylic acids is 1. The lowest BCUT2D eigenvalue weighted by molar-refractivity contribution is 0.220. The Kier molecular flexibility index (Phi) is 4.34. The summed E-state index contributed by atoms with van der Waals surface area (Å²) in [6, 6.07) is 5.38. The lowest BCUT2D eigenvalue weighted by Crippen LogP contribution is -2.35. The highest BCUT2D eigenvalue weighted by atomic mass is 19.1. The quantitative estimate of drug-likeness (QED) is 0.779. The zero-order valence-electron chi connectivity index (χ0n) is 9.03. The van der Waals surface area contributed by atoms with Gasteiger partial charge in [0.25, 0.3) is 0 Å². The number of benzene rings is 1. The van der Waals surface area contributed by atoms with Crippen molar-refractivity contribution in [3.05, 3.63) is 30.1 Å². The van der Waals surface area contributed by atoms with Crippen molar-refractivity contribution in [3.63, 3.8) is 0 Å². The molecular weight excluding hydrogens is 207 g/mol. The summed E-state index contributed by atoms with van der Waals surface area (Å²) < 4.78 is 12.9. The maximum Gasteiger partial charge on any atom is 0.322 e. The van der Waals surface area contributed by atoms with E-state index in [1.165, 1.54) is 23.1 Å². The van der Waals surface area contributed by atoms with Gasteiger partial charge in [0, 0.05) is 12.2 Å². The largest absolute Gasteiger partial charge is 0.322 e. The van der Waals surface area contributed by atoms with E-state index >= 15 is 0 Å². The number of urea groups is 1. The van der Waals surface area contributed by atoms with Crippen molar-refractivity contribution in [2.75, 3.05) is 18.4 Å². The van der Waals surface area contributed by atoms with E-state index in [1.807, 2.05) is 6.92 Å². The third-order valence-corrected chi connectivity index (χ3v) is 2.03. The Bertz CT molecular complexity index is 412. The van der Waals surface area contributed by atoms with Crippen molar-refractivity contribution in [1.82, 2.24) is 4.90 Å². The Balaban J connectivity index is 2.67. The van der Waals surface area contributed by atoms with Crippen LogP contribution < -0.4 is 5.32 Å². The van der Waals surface area contributed by atoms with Crippen molar-refractivity contribution in [3.8, 4) is 12.3 Å². The molecule has 0 atom stereocenters. The van der Waals surface area contributed by atoms with Crippen molar-refractivity contribution >= 4 is 11.7 Å². The number of amides is 2. The normalized spacial score (nSPS) is 9.31. The van der Waals surface area contributed by atoms with E-state index in [2.05, 4.69) is 11.2 Å². The van der Waals surface area contributed by atoms with Gasteiger partial charge in [-0.3, -0.25) is 0 Å². The van der Waals surface area contributed by atoms with Crippen LogP contribution >= 0.6 is 0 Å². The molecule has 3 nitrogen and oxygen atoms in total. The molecule has 0 spiro atoms. The fourth-order valence-electron chi connectivity index (χ4n) is 1.21. The highest BCUT2D eigenvalue weighted by Crippen LogP contribution is 2.09. The van der Waals surface area contributed by atoms with Crippen LogP contribution in [0, 0.1) is 18.2 Å². The van der Waals surface area contributed by atoms with Crippen LogP contribution in [0.4, 0.5) is 14.9 Å². The predicted octanol–water partition coefficient (Wildman–Crippen LogP) is 2.31. The molecule has 0 saturated heterocycles. The first-order chi connectivity index (χ1) is 7.67. The van der Waals surface area contributed by atoms with Crippen LogP contribution in [0.25, 0.3) is 0 Å². The highest BCUT2D eigenvalue weighted by molar-refractivity contribution is 5.89. The molecule has 84 valence electrons. The van der Waals surface area contributed by atoms with E-state index in [9.17, 15) is 9.18 Å². The third-order valence-electron chi connectivity index (χ3n) is 2.03. The minimum absolute atomic E-state index is 0.234. The summed E-state index contributed by atoms with van der Waals surface area (Å²) in [5, 5.41) is 2.57. The molecule has 0 fully saturated rings. The molecule has 0 radical (unpaired) electrons. The fraction of sp³-hybridized carbons (Fsp3) is 0.250. The number of carbonyl (C=O) groups is 1. The summed E-state index contributed by atoms with van der Waals surface area (Å²) in [5.74, 6) is 2.00. The molecule has 0 aromatic heterocycles. The molecule has 1 rings (SSSR count). The second-order valence-corrected chi connectivity index (χ2v) is 3.16. The molecule has 2 amide bonds. The van der Waals surface area contributed by atoms with Gasteiger partial charge in [-0.25, -0.2) is 9.18 Å². The molecule has 4 heteroatoms. The first kappa shape index (κ1) is 12.1. The smallest absolute Gasteiger partial charge is 0.314 e. The van der Waals surface area contributed by atoms with Crippen LogP contribution in [0.3, 0.4) is 0 Å². The van der Waals surface area contributed by atoms with Crippen LogP contribution in [0.5, 0.6) is 0 Å². The molecule has 0 aliphatic carbocycles. The van der Waals surface area contributed by atoms with Crippen LogP contribution in [-0.4, -0.2) is 24.0 Å². The average molecular weight is 220 g/mol. The van der Waals surface area contributed by atoms with E-state index in [4.69, 9.17) is 6.42 Å². The van der Waals surface area contributed by atoms with Gasteiger partial charge in [0.2, 0.25) is 0 Å². The number of terminal acetylenes is 1. The van der Waals surface area contributed by atoms with Gasteiger partial charge in [0.15, 0.2) is 0 Å². The van der Waals surface area contributed by atoms with E-state index < -0.39 is 5.82 Å². The first-order valence-electron chi connectivity index (χ1n) is 4.92. The minimum atomic E-state index is -0.391. The minimum Gasteiger partial charge on any atom is -0.314 e. The number of hydrogen-bond acceptors (Lipinski definition) is 1. The van der Waals surface area contributed by atoms with Gasteiger partial charge in [0.1, 0.15) is 5.82 Å². The maximum absolute atomic E-state index is 12.9. The standard InChI is InChI=1S/C12H13FN2O/c1-3-8-15(4-2)12(16)14-11-7-5-6-10(13)9-11/h1,5-7,9H,4,8H2,2H3,(H,14,16). The van der Waals surface area contributed by atoms with Gasteiger partial charge >= 0.3 is 6.03 Å². The van der Waals surface area contributed by atoms with Crippen molar-refractivity contribution < 1.29 is 9.18 Å². The summed E-state index contributed by atoms with van der Waals surface area (Å²) >= 11 is 0. The van der Waals surface area contributed by atoms with Crippen molar-refractivity contribution in [2.45, 2.75) is 6.92 Å². The summed E-state index contributed by atoms with van der Waals surface area (Å²) in [6.45, 7) is 2.56. The third kappa shape index (κ3) is 3.28. The van der Waals surface area contributed by atoms with Crippen LogP contribution in [-0.2, 0) is 0 Å². The molecule has 0 heterocycles. The molecule has 16 heavy (non-hydrogen) atoms. The summed E-state index contributed by atoms with van der Waals surface area (Å²) in [7, 11) is 0. The molecule has 0 unspecified atom stereocenters. The Labute approximate surface area is 94.3 Å². The lowest BCUT2D eigenvalue weighted by Gasteiger charge is -2.18. The number of hydrogen-bond donors (Lipinski definition) is 1. The summed E-state index contributed by atoms with van der Waals surface area (Å²) in [6.07, 6.45) is 5.13. The molecule has 0 saturated carbocycles. The zero-order chi connectivity index (χ0) is 12.0. The van der Waals surface area contributed by atoms with Gasteiger partial charge in [0.05, 0.1) is 6.54 Å². The van der Waals surface area contributed by atoms with Gasteiger partial charge in [-0.1, -0.05) is 12.0 Å². The van der Waals surface area contributed by atoms with Crippen LogP contribution in [0.15, 0.2) is 24.3 Å². The van der Waals surface area contributed by atoms with E-state index in [0.29, 0.717) is 12.2 Å². The fourth-order valence-corrected chi connectivity index (χ4v) is 1.21.